The normalized spacial score (nSPS) is 10.9. The summed E-state index contributed by atoms with van der Waals surface area (Å²) in [6.07, 6.45) is 3.07. The summed E-state index contributed by atoms with van der Waals surface area (Å²) in [6.45, 7) is 3.25. The number of hydrogen-bond donors (Lipinski definition) is 2. The van der Waals surface area contributed by atoms with Crippen molar-refractivity contribution in [2.45, 2.75) is 18.7 Å². The van der Waals surface area contributed by atoms with Gasteiger partial charge >= 0.3 is 10.1 Å². The molecule has 9 heteroatoms. The van der Waals surface area contributed by atoms with Crippen LogP contribution in [0, 0.1) is 13.8 Å². The van der Waals surface area contributed by atoms with E-state index in [1.807, 2.05) is 6.07 Å². The minimum absolute atomic E-state index is 0.0757. The molecule has 0 spiro atoms. The lowest BCUT2D eigenvalue weighted by molar-refractivity contribution is -0.115. The van der Waals surface area contributed by atoms with Crippen molar-refractivity contribution < 1.29 is 22.2 Å². The molecule has 0 aliphatic rings. The molecule has 0 unspecified atom stereocenters. The Hall–Kier alpha value is -3.72. The van der Waals surface area contributed by atoms with Gasteiger partial charge in [-0.05, 0) is 67.4 Å². The van der Waals surface area contributed by atoms with Gasteiger partial charge in [-0.1, -0.05) is 12.1 Å². The van der Waals surface area contributed by atoms with Crippen molar-refractivity contribution in [3.8, 4) is 5.75 Å². The topological polar surface area (TPSA) is 114 Å². The molecule has 1 heterocycles. The van der Waals surface area contributed by atoms with Crippen molar-refractivity contribution in [3.63, 3.8) is 0 Å². The molecule has 0 bridgehead atoms. The first-order valence-corrected chi connectivity index (χ1v) is 10.8. The predicted molar refractivity (Wildman–Crippen MR) is 115 cm³/mol. The quantitative estimate of drug-likeness (QED) is 0.547. The number of pyridine rings is 1. The smallest absolute Gasteiger partial charge is 0.339 e. The average Bonchev–Trinajstić information content (AvgIpc) is 2.74. The van der Waals surface area contributed by atoms with Gasteiger partial charge in [-0.15, -0.1) is 0 Å². The van der Waals surface area contributed by atoms with E-state index in [9.17, 15) is 18.0 Å². The highest BCUT2D eigenvalue weighted by molar-refractivity contribution is 7.87. The third kappa shape index (κ3) is 5.89. The molecule has 2 aromatic carbocycles. The first kappa shape index (κ1) is 22.0. The molecule has 0 atom stereocenters. The summed E-state index contributed by atoms with van der Waals surface area (Å²) < 4.78 is 30.3. The van der Waals surface area contributed by atoms with Crippen molar-refractivity contribution in [3.05, 3.63) is 83.7 Å². The molecule has 0 radical (unpaired) electrons. The number of hydrogen-bond acceptors (Lipinski definition) is 6. The molecular weight excluding hydrogens is 418 g/mol. The molecule has 2 N–H and O–H groups in total. The van der Waals surface area contributed by atoms with E-state index in [1.165, 1.54) is 30.5 Å². The highest BCUT2D eigenvalue weighted by Crippen LogP contribution is 2.22. The van der Waals surface area contributed by atoms with Gasteiger partial charge in [0.2, 0.25) is 5.91 Å². The molecule has 0 saturated carbocycles. The SMILES string of the molecule is Cc1ccc(C)c(S(=O)(=O)Oc2ccc(C(=O)NCC(=O)Nc3cccnc3)cc2)c1. The second kappa shape index (κ2) is 9.40. The van der Waals surface area contributed by atoms with E-state index in [4.69, 9.17) is 4.18 Å². The van der Waals surface area contributed by atoms with Crippen molar-refractivity contribution in [1.29, 1.82) is 0 Å². The fourth-order valence-electron chi connectivity index (χ4n) is 2.71. The van der Waals surface area contributed by atoms with Gasteiger partial charge in [-0.2, -0.15) is 8.42 Å². The maximum atomic E-state index is 12.6. The van der Waals surface area contributed by atoms with Crippen LogP contribution in [0.15, 0.2) is 71.9 Å². The first-order chi connectivity index (χ1) is 14.7. The van der Waals surface area contributed by atoms with Crippen molar-refractivity contribution in [1.82, 2.24) is 10.3 Å². The largest absolute Gasteiger partial charge is 0.379 e. The highest BCUT2D eigenvalue weighted by Gasteiger charge is 2.20. The Morgan fingerprint density at radius 3 is 2.45 bits per heavy atom. The van der Waals surface area contributed by atoms with Gasteiger partial charge in [0.25, 0.3) is 5.91 Å². The molecule has 8 nitrogen and oxygen atoms in total. The lowest BCUT2D eigenvalue weighted by Gasteiger charge is -2.11. The predicted octanol–water partition coefficient (Wildman–Crippen LogP) is 2.83. The maximum absolute atomic E-state index is 12.6. The molecule has 160 valence electrons. The van der Waals surface area contributed by atoms with Gasteiger partial charge in [0.15, 0.2) is 0 Å². The minimum atomic E-state index is -4.01. The monoisotopic (exact) mass is 439 g/mol. The van der Waals surface area contributed by atoms with E-state index in [2.05, 4.69) is 15.6 Å². The van der Waals surface area contributed by atoms with E-state index in [0.717, 1.165) is 5.56 Å². The average molecular weight is 439 g/mol. The van der Waals surface area contributed by atoms with Crippen molar-refractivity contribution >= 4 is 27.6 Å². The van der Waals surface area contributed by atoms with Gasteiger partial charge in [0, 0.05) is 11.8 Å². The van der Waals surface area contributed by atoms with Crippen molar-refractivity contribution in [2.24, 2.45) is 0 Å². The van der Waals surface area contributed by atoms with E-state index in [1.54, 1.807) is 44.3 Å². The Bertz CT molecular complexity index is 1190. The molecule has 2 amide bonds. The Balaban J connectivity index is 1.60. The number of benzene rings is 2. The molecule has 1 aromatic heterocycles. The fourth-order valence-corrected chi connectivity index (χ4v) is 3.96. The van der Waals surface area contributed by atoms with Crippen LogP contribution < -0.4 is 14.8 Å². The summed E-state index contributed by atoms with van der Waals surface area (Å²) in [6, 6.07) is 14.0. The zero-order chi connectivity index (χ0) is 22.4. The Morgan fingerprint density at radius 2 is 1.77 bits per heavy atom. The van der Waals surface area contributed by atoms with Crippen LogP contribution in [-0.2, 0) is 14.9 Å². The first-order valence-electron chi connectivity index (χ1n) is 9.34. The third-order valence-electron chi connectivity index (χ3n) is 4.29. The standard InChI is InChI=1S/C22H21N3O5S/c1-15-5-6-16(2)20(12-15)31(28,29)30-19-9-7-17(8-10-19)22(27)24-14-21(26)25-18-4-3-11-23-13-18/h3-13H,14H2,1-2H3,(H,24,27)(H,25,26). The Kier molecular flexibility index (Phi) is 6.66. The maximum Gasteiger partial charge on any atom is 0.339 e. The fraction of sp³-hybridized carbons (Fsp3) is 0.136. The number of nitrogens with one attached hydrogen (secondary N) is 2. The van der Waals surface area contributed by atoms with Crippen LogP contribution in [0.25, 0.3) is 0 Å². The van der Waals surface area contributed by atoms with Crippen LogP contribution in [-0.4, -0.2) is 31.8 Å². The number of carbonyl (C=O) groups is 2. The Labute approximate surface area is 180 Å². The molecule has 31 heavy (non-hydrogen) atoms. The van der Waals surface area contributed by atoms with E-state index in [-0.39, 0.29) is 22.8 Å². The molecular formula is C22H21N3O5S. The zero-order valence-corrected chi connectivity index (χ0v) is 17.8. The van der Waals surface area contributed by atoms with Crippen LogP contribution in [0.5, 0.6) is 5.75 Å². The molecule has 0 saturated heterocycles. The number of anilines is 1. The van der Waals surface area contributed by atoms with Crippen molar-refractivity contribution in [2.75, 3.05) is 11.9 Å². The number of aryl methyl sites for hydroxylation is 2. The summed E-state index contributed by atoms with van der Waals surface area (Å²) in [7, 11) is -4.01. The van der Waals surface area contributed by atoms with Crippen LogP contribution >= 0.6 is 0 Å². The summed E-state index contributed by atoms with van der Waals surface area (Å²) in [5.74, 6) is -0.807. The number of rotatable bonds is 7. The van der Waals surface area contributed by atoms with E-state index in [0.29, 0.717) is 11.3 Å². The lowest BCUT2D eigenvalue weighted by Crippen LogP contribution is -2.32. The van der Waals surface area contributed by atoms with Crippen LogP contribution in [0.4, 0.5) is 5.69 Å². The van der Waals surface area contributed by atoms with Gasteiger partial charge in [-0.3, -0.25) is 14.6 Å². The number of aromatic nitrogens is 1. The zero-order valence-electron chi connectivity index (χ0n) is 17.0. The lowest BCUT2D eigenvalue weighted by atomic mass is 10.2. The molecule has 3 rings (SSSR count). The summed E-state index contributed by atoms with van der Waals surface area (Å²) in [5, 5.41) is 5.10. The number of amides is 2. The highest BCUT2D eigenvalue weighted by atomic mass is 32.2. The summed E-state index contributed by atoms with van der Waals surface area (Å²) in [4.78, 5) is 28.1. The molecule has 3 aromatic rings. The van der Waals surface area contributed by atoms with Gasteiger partial charge in [0.1, 0.15) is 10.6 Å². The summed E-state index contributed by atoms with van der Waals surface area (Å²) >= 11 is 0. The van der Waals surface area contributed by atoms with Gasteiger partial charge in [0.05, 0.1) is 18.4 Å². The van der Waals surface area contributed by atoms with Crippen LogP contribution in [0.1, 0.15) is 21.5 Å². The molecule has 0 aliphatic carbocycles. The second-order valence-electron chi connectivity index (χ2n) is 6.80. The van der Waals surface area contributed by atoms with E-state index >= 15 is 0 Å². The van der Waals surface area contributed by atoms with Crippen LogP contribution in [0.3, 0.4) is 0 Å². The van der Waals surface area contributed by atoms with Gasteiger partial charge < -0.3 is 14.8 Å². The van der Waals surface area contributed by atoms with Crippen LogP contribution in [0.2, 0.25) is 0 Å². The number of nitrogens with zero attached hydrogens (tertiary/aromatic N) is 1. The Morgan fingerprint density at radius 1 is 1.03 bits per heavy atom. The van der Waals surface area contributed by atoms with E-state index < -0.39 is 21.9 Å². The number of carbonyl (C=O) groups excluding carboxylic acids is 2. The molecule has 0 fully saturated rings. The van der Waals surface area contributed by atoms with Gasteiger partial charge in [-0.25, -0.2) is 0 Å². The minimum Gasteiger partial charge on any atom is -0.379 e. The summed E-state index contributed by atoms with van der Waals surface area (Å²) in [5.41, 5.74) is 2.15. The molecule has 0 aliphatic heterocycles. The third-order valence-corrected chi connectivity index (χ3v) is 5.68. The second-order valence-corrected chi connectivity index (χ2v) is 8.32.